The van der Waals surface area contributed by atoms with Crippen LogP contribution in [0.1, 0.15) is 42.5 Å². The minimum absolute atomic E-state index is 0.153. The lowest BCUT2D eigenvalue weighted by Crippen LogP contribution is -2.39. The first-order valence-corrected chi connectivity index (χ1v) is 11.8. The summed E-state index contributed by atoms with van der Waals surface area (Å²) >= 11 is 0. The van der Waals surface area contributed by atoms with Gasteiger partial charge in [-0.25, -0.2) is 0 Å². The molecule has 0 saturated heterocycles. The monoisotopic (exact) mass is 452 g/mol. The van der Waals surface area contributed by atoms with Crippen LogP contribution < -0.4 is 10.9 Å². The van der Waals surface area contributed by atoms with Gasteiger partial charge >= 0.3 is 0 Å². The van der Waals surface area contributed by atoms with Gasteiger partial charge in [-0.15, -0.1) is 0 Å². The zero-order valence-corrected chi connectivity index (χ0v) is 19.0. The molecule has 0 unspecified atom stereocenters. The van der Waals surface area contributed by atoms with Gasteiger partial charge in [-0.3, -0.25) is 9.59 Å². The maximum atomic E-state index is 13.2. The molecule has 1 aliphatic rings. The molecule has 2 N–H and O–H groups in total. The van der Waals surface area contributed by atoms with Crippen molar-refractivity contribution in [2.45, 2.75) is 44.2 Å². The number of hydrogen-bond acceptors (Lipinski definition) is 3. The number of anilines is 1. The maximum Gasteiger partial charge on any atom is 0.258 e. The number of amides is 1. The van der Waals surface area contributed by atoms with Gasteiger partial charge in [-0.2, -0.15) is 0 Å². The Hall–Kier alpha value is -3.70. The standard InChI is InChI=1S/C29H28N2O3/c32-27(23-14-12-22(13-15-23)21-8-3-1-4-9-21)30-26-11-7-10-25-24(26)16-19-31(28(25)33)20-29(34)17-5-2-6-18-29/h1,3-4,7-16,19,34H,2,5-6,17-18,20H2,(H,30,32). The summed E-state index contributed by atoms with van der Waals surface area (Å²) in [5, 5.41) is 15.1. The van der Waals surface area contributed by atoms with Gasteiger partial charge in [-0.05, 0) is 54.3 Å². The Morgan fingerprint density at radius 3 is 2.26 bits per heavy atom. The number of carbonyl (C=O) groups is 1. The van der Waals surface area contributed by atoms with E-state index in [0.29, 0.717) is 28.6 Å². The third kappa shape index (κ3) is 4.52. The summed E-state index contributed by atoms with van der Waals surface area (Å²) in [4.78, 5) is 26.1. The Kier molecular flexibility index (Phi) is 6.03. The van der Waals surface area contributed by atoms with E-state index in [-0.39, 0.29) is 11.5 Å². The van der Waals surface area contributed by atoms with Crippen LogP contribution in [0.5, 0.6) is 0 Å². The lowest BCUT2D eigenvalue weighted by molar-refractivity contribution is -0.0121. The Labute approximate surface area is 198 Å². The Bertz CT molecular complexity index is 1370. The summed E-state index contributed by atoms with van der Waals surface area (Å²) in [6.45, 7) is 0.298. The predicted molar refractivity (Wildman–Crippen MR) is 136 cm³/mol. The molecule has 5 nitrogen and oxygen atoms in total. The van der Waals surface area contributed by atoms with Crippen LogP contribution in [0.2, 0.25) is 0 Å². The van der Waals surface area contributed by atoms with E-state index in [1.165, 1.54) is 0 Å². The van der Waals surface area contributed by atoms with E-state index in [0.717, 1.165) is 43.2 Å². The fourth-order valence-corrected chi connectivity index (χ4v) is 4.88. The molecule has 1 saturated carbocycles. The Morgan fingerprint density at radius 2 is 1.53 bits per heavy atom. The first kappa shape index (κ1) is 22.1. The Balaban J connectivity index is 1.38. The third-order valence-corrected chi connectivity index (χ3v) is 6.77. The van der Waals surface area contributed by atoms with Crippen LogP contribution in [0, 0.1) is 0 Å². The molecule has 0 spiro atoms. The van der Waals surface area contributed by atoms with Crippen LogP contribution in [0.25, 0.3) is 21.9 Å². The number of rotatable bonds is 5. The van der Waals surface area contributed by atoms with Crippen LogP contribution >= 0.6 is 0 Å². The smallest absolute Gasteiger partial charge is 0.258 e. The van der Waals surface area contributed by atoms with E-state index in [1.807, 2.05) is 48.5 Å². The van der Waals surface area contributed by atoms with E-state index in [1.54, 1.807) is 41.1 Å². The number of fused-ring (bicyclic) bond motifs is 1. The molecular formula is C29H28N2O3. The number of hydrogen-bond donors (Lipinski definition) is 2. The second-order valence-electron chi connectivity index (χ2n) is 9.20. The summed E-state index contributed by atoms with van der Waals surface area (Å²) in [7, 11) is 0. The van der Waals surface area contributed by atoms with Gasteiger partial charge in [-0.1, -0.05) is 67.8 Å². The normalized spacial score (nSPS) is 15.2. The first-order valence-electron chi connectivity index (χ1n) is 11.8. The summed E-state index contributed by atoms with van der Waals surface area (Å²) in [6, 6.07) is 24.7. The summed E-state index contributed by atoms with van der Waals surface area (Å²) in [5.41, 5.74) is 2.30. The second kappa shape index (κ2) is 9.27. The molecule has 34 heavy (non-hydrogen) atoms. The van der Waals surface area contributed by atoms with Crippen LogP contribution in [-0.4, -0.2) is 21.2 Å². The summed E-state index contributed by atoms with van der Waals surface area (Å²) < 4.78 is 1.60. The molecule has 3 aromatic carbocycles. The number of nitrogens with zero attached hydrogens (tertiary/aromatic N) is 1. The van der Waals surface area contributed by atoms with Crippen LogP contribution in [0.4, 0.5) is 5.69 Å². The van der Waals surface area contributed by atoms with Gasteiger partial charge in [0, 0.05) is 28.2 Å². The van der Waals surface area contributed by atoms with Crippen molar-refractivity contribution in [2.24, 2.45) is 0 Å². The lowest BCUT2D eigenvalue weighted by Gasteiger charge is -2.32. The molecule has 1 aromatic heterocycles. The fraction of sp³-hybridized carbons (Fsp3) is 0.241. The highest BCUT2D eigenvalue weighted by molar-refractivity contribution is 6.09. The third-order valence-electron chi connectivity index (χ3n) is 6.77. The Morgan fingerprint density at radius 1 is 0.824 bits per heavy atom. The predicted octanol–water partition coefficient (Wildman–Crippen LogP) is 5.62. The molecule has 0 bridgehead atoms. The number of carbonyl (C=O) groups excluding carboxylic acids is 1. The molecule has 172 valence electrons. The van der Waals surface area contributed by atoms with Crippen molar-refractivity contribution in [1.82, 2.24) is 4.57 Å². The number of benzene rings is 3. The second-order valence-corrected chi connectivity index (χ2v) is 9.20. The minimum atomic E-state index is -0.826. The van der Waals surface area contributed by atoms with Crippen molar-refractivity contribution >= 4 is 22.4 Å². The van der Waals surface area contributed by atoms with Crippen molar-refractivity contribution < 1.29 is 9.90 Å². The molecule has 1 amide bonds. The summed E-state index contributed by atoms with van der Waals surface area (Å²) in [6.07, 6.45) is 6.27. The molecule has 0 radical (unpaired) electrons. The quantitative estimate of drug-likeness (QED) is 0.413. The lowest BCUT2D eigenvalue weighted by atomic mass is 9.85. The van der Waals surface area contributed by atoms with Crippen molar-refractivity contribution in [3.8, 4) is 11.1 Å². The highest BCUT2D eigenvalue weighted by Gasteiger charge is 2.30. The van der Waals surface area contributed by atoms with Gasteiger partial charge in [0.15, 0.2) is 0 Å². The number of pyridine rings is 1. The van der Waals surface area contributed by atoms with Gasteiger partial charge in [0.2, 0.25) is 0 Å². The summed E-state index contributed by atoms with van der Waals surface area (Å²) in [5.74, 6) is -0.229. The van der Waals surface area contributed by atoms with Crippen molar-refractivity contribution in [3.05, 3.63) is 101 Å². The molecule has 1 heterocycles. The molecule has 0 atom stereocenters. The van der Waals surface area contributed by atoms with Crippen LogP contribution in [0.15, 0.2) is 89.9 Å². The number of aromatic nitrogens is 1. The molecule has 0 aliphatic heterocycles. The average Bonchev–Trinajstić information content (AvgIpc) is 2.87. The van der Waals surface area contributed by atoms with E-state index in [9.17, 15) is 14.7 Å². The molecule has 1 aliphatic carbocycles. The van der Waals surface area contributed by atoms with Crippen LogP contribution in [-0.2, 0) is 6.54 Å². The van der Waals surface area contributed by atoms with Crippen molar-refractivity contribution in [2.75, 3.05) is 5.32 Å². The van der Waals surface area contributed by atoms with Gasteiger partial charge in [0.05, 0.1) is 12.1 Å². The van der Waals surface area contributed by atoms with E-state index < -0.39 is 5.60 Å². The van der Waals surface area contributed by atoms with Gasteiger partial charge in [0.25, 0.3) is 11.5 Å². The van der Waals surface area contributed by atoms with Crippen molar-refractivity contribution in [1.29, 1.82) is 0 Å². The average molecular weight is 453 g/mol. The van der Waals surface area contributed by atoms with E-state index in [2.05, 4.69) is 5.32 Å². The number of aliphatic hydroxyl groups is 1. The zero-order chi connectivity index (χ0) is 23.5. The minimum Gasteiger partial charge on any atom is -0.388 e. The molecule has 5 rings (SSSR count). The fourth-order valence-electron chi connectivity index (χ4n) is 4.88. The maximum absolute atomic E-state index is 13.2. The molecule has 1 fully saturated rings. The molecule has 5 heteroatoms. The van der Waals surface area contributed by atoms with Crippen molar-refractivity contribution in [3.63, 3.8) is 0 Å². The molecular weight excluding hydrogens is 424 g/mol. The van der Waals surface area contributed by atoms with E-state index in [4.69, 9.17) is 0 Å². The molecule has 4 aromatic rings. The zero-order valence-electron chi connectivity index (χ0n) is 19.0. The van der Waals surface area contributed by atoms with Crippen LogP contribution in [0.3, 0.4) is 0 Å². The first-order chi connectivity index (χ1) is 16.5. The topological polar surface area (TPSA) is 71.3 Å². The van der Waals surface area contributed by atoms with Gasteiger partial charge < -0.3 is 15.0 Å². The highest BCUT2D eigenvalue weighted by atomic mass is 16.3. The van der Waals surface area contributed by atoms with E-state index >= 15 is 0 Å². The highest BCUT2D eigenvalue weighted by Crippen LogP contribution is 2.30. The SMILES string of the molecule is O=C(Nc1cccc2c(=O)n(CC3(O)CCCCC3)ccc12)c1ccc(-c2ccccc2)cc1. The number of nitrogens with one attached hydrogen (secondary N) is 1. The van der Waals surface area contributed by atoms with Gasteiger partial charge in [0.1, 0.15) is 0 Å². The largest absolute Gasteiger partial charge is 0.388 e.